The first-order valence-electron chi connectivity index (χ1n) is 7.99. The Balaban J connectivity index is 2.00. The van der Waals surface area contributed by atoms with E-state index in [0.29, 0.717) is 0 Å². The van der Waals surface area contributed by atoms with Gasteiger partial charge in [-0.05, 0) is 30.7 Å². The highest BCUT2D eigenvalue weighted by atomic mass is 32.2. The monoisotopic (exact) mass is 389 g/mol. The van der Waals surface area contributed by atoms with Crippen LogP contribution in [0.2, 0.25) is 0 Å². The predicted molar refractivity (Wildman–Crippen MR) is 99.7 cm³/mol. The number of alkyl carbamates (subject to hydrolysis) is 1. The third kappa shape index (κ3) is 5.68. The lowest BCUT2D eigenvalue weighted by atomic mass is 10.2. The number of carboxylic acid groups (broad SMARTS) is 1. The number of nitrogens with one attached hydrogen (secondary N) is 1. The van der Waals surface area contributed by atoms with Crippen LogP contribution in [-0.4, -0.2) is 37.6 Å². The summed E-state index contributed by atoms with van der Waals surface area (Å²) >= 11 is 0. The van der Waals surface area contributed by atoms with E-state index < -0.39 is 27.3 Å². The Bertz CT molecular complexity index is 920. The topological polar surface area (TPSA) is 110 Å². The molecule has 142 valence electrons. The maximum absolute atomic E-state index is 12.5. The second-order valence-corrected chi connectivity index (χ2v) is 7.67. The fraction of sp³-hybridized carbons (Fsp3) is 0.158. The van der Waals surface area contributed by atoms with Crippen LogP contribution in [0.5, 0.6) is 0 Å². The summed E-state index contributed by atoms with van der Waals surface area (Å²) in [5.74, 6) is -1.70. The molecule has 2 aromatic rings. The van der Waals surface area contributed by atoms with E-state index in [0.717, 1.165) is 11.1 Å². The molecule has 0 heterocycles. The standard InChI is InChI=1S/C19H19NO6S/c1-14-9-11-16(12-10-14)27(24,25)17(18(21)22)20-19(23)26-13-5-8-15-6-3-2-4-7-15/h2-12,17H,13H2,1H3,(H,20,23)(H,21,22)/b8-5+. The maximum Gasteiger partial charge on any atom is 0.408 e. The first-order chi connectivity index (χ1) is 12.8. The van der Waals surface area contributed by atoms with E-state index in [9.17, 15) is 23.1 Å². The molecule has 0 fully saturated rings. The van der Waals surface area contributed by atoms with Crippen molar-refractivity contribution in [1.29, 1.82) is 0 Å². The average molecular weight is 389 g/mol. The van der Waals surface area contributed by atoms with Crippen molar-refractivity contribution in [2.24, 2.45) is 0 Å². The molecule has 2 rings (SSSR count). The number of amides is 1. The molecule has 1 amide bonds. The largest absolute Gasteiger partial charge is 0.479 e. The van der Waals surface area contributed by atoms with Crippen LogP contribution in [-0.2, 0) is 19.4 Å². The molecule has 2 aromatic carbocycles. The molecule has 0 aliphatic rings. The van der Waals surface area contributed by atoms with E-state index in [1.54, 1.807) is 31.2 Å². The van der Waals surface area contributed by atoms with Crippen LogP contribution in [0.3, 0.4) is 0 Å². The van der Waals surface area contributed by atoms with Crippen molar-refractivity contribution < 1.29 is 27.9 Å². The number of hydrogen-bond donors (Lipinski definition) is 2. The van der Waals surface area contributed by atoms with Crippen LogP contribution in [0.25, 0.3) is 6.08 Å². The van der Waals surface area contributed by atoms with Gasteiger partial charge in [0, 0.05) is 0 Å². The zero-order valence-electron chi connectivity index (χ0n) is 14.5. The van der Waals surface area contributed by atoms with E-state index in [4.69, 9.17) is 4.74 Å². The van der Waals surface area contributed by atoms with E-state index in [-0.39, 0.29) is 11.5 Å². The van der Waals surface area contributed by atoms with E-state index in [1.165, 1.54) is 12.1 Å². The third-order valence-electron chi connectivity index (χ3n) is 3.55. The predicted octanol–water partition coefficient (Wildman–Crippen LogP) is 2.62. The van der Waals surface area contributed by atoms with Gasteiger partial charge in [-0.3, -0.25) is 5.32 Å². The summed E-state index contributed by atoms with van der Waals surface area (Å²) in [6.45, 7) is 1.63. The molecule has 27 heavy (non-hydrogen) atoms. The summed E-state index contributed by atoms with van der Waals surface area (Å²) in [4.78, 5) is 23.0. The molecule has 0 spiro atoms. The summed E-state index contributed by atoms with van der Waals surface area (Å²) in [6, 6.07) is 14.9. The first kappa shape index (κ1) is 20.2. The summed E-state index contributed by atoms with van der Waals surface area (Å²) in [5.41, 5.74) is 1.71. The van der Waals surface area contributed by atoms with Gasteiger partial charge in [-0.2, -0.15) is 0 Å². The van der Waals surface area contributed by atoms with Gasteiger partial charge in [0.2, 0.25) is 15.2 Å². The van der Waals surface area contributed by atoms with Gasteiger partial charge >= 0.3 is 12.1 Å². The zero-order valence-corrected chi connectivity index (χ0v) is 15.3. The molecule has 0 bridgehead atoms. The Morgan fingerprint density at radius 3 is 2.33 bits per heavy atom. The molecule has 8 heteroatoms. The number of rotatable bonds is 7. The number of carbonyl (C=O) groups is 2. The third-order valence-corrected chi connectivity index (χ3v) is 5.42. The molecule has 7 nitrogen and oxygen atoms in total. The van der Waals surface area contributed by atoms with Crippen LogP contribution < -0.4 is 5.32 Å². The van der Waals surface area contributed by atoms with Crippen LogP contribution in [0.4, 0.5) is 4.79 Å². The normalized spacial score (nSPS) is 12.5. The Kier molecular flexibility index (Phi) is 6.73. The van der Waals surface area contributed by atoms with Crippen molar-refractivity contribution in [2.75, 3.05) is 6.61 Å². The minimum atomic E-state index is -4.32. The molecule has 0 aliphatic carbocycles. The highest BCUT2D eigenvalue weighted by Gasteiger charge is 2.35. The van der Waals surface area contributed by atoms with Crippen LogP contribution in [0.1, 0.15) is 11.1 Å². The average Bonchev–Trinajstić information content (AvgIpc) is 2.64. The van der Waals surface area contributed by atoms with Crippen LogP contribution in [0.15, 0.2) is 65.6 Å². The van der Waals surface area contributed by atoms with Crippen molar-refractivity contribution in [2.45, 2.75) is 17.2 Å². The number of aliphatic carboxylic acids is 1. The van der Waals surface area contributed by atoms with Crippen molar-refractivity contribution in [3.8, 4) is 0 Å². The SMILES string of the molecule is Cc1ccc(S(=O)(=O)C(NC(=O)OC/C=C/c2ccccc2)C(=O)O)cc1. The number of ether oxygens (including phenoxy) is 1. The fourth-order valence-electron chi connectivity index (χ4n) is 2.16. The van der Waals surface area contributed by atoms with Gasteiger partial charge in [-0.1, -0.05) is 54.1 Å². The van der Waals surface area contributed by atoms with Crippen molar-refractivity contribution in [3.63, 3.8) is 0 Å². The molecule has 0 radical (unpaired) electrons. The number of carboxylic acids is 1. The fourth-order valence-corrected chi connectivity index (χ4v) is 3.46. The summed E-state index contributed by atoms with van der Waals surface area (Å²) in [7, 11) is -4.32. The van der Waals surface area contributed by atoms with Crippen LogP contribution >= 0.6 is 0 Å². The smallest absolute Gasteiger partial charge is 0.408 e. The molecule has 1 atom stereocenters. The Morgan fingerprint density at radius 1 is 1.11 bits per heavy atom. The molecule has 0 aromatic heterocycles. The molecule has 1 unspecified atom stereocenters. The van der Waals surface area contributed by atoms with Gasteiger partial charge in [-0.15, -0.1) is 0 Å². The quantitative estimate of drug-likeness (QED) is 0.753. The van der Waals surface area contributed by atoms with Gasteiger partial charge in [0.1, 0.15) is 6.61 Å². The lowest BCUT2D eigenvalue weighted by molar-refractivity contribution is -0.137. The Labute approximate surface area is 157 Å². The second kappa shape index (κ2) is 9.00. The lowest BCUT2D eigenvalue weighted by Gasteiger charge is -2.15. The zero-order chi connectivity index (χ0) is 19.9. The minimum Gasteiger partial charge on any atom is -0.479 e. The molecule has 2 N–H and O–H groups in total. The van der Waals surface area contributed by atoms with Crippen molar-refractivity contribution in [3.05, 3.63) is 71.8 Å². The molecule has 0 aliphatic heterocycles. The van der Waals surface area contributed by atoms with Gasteiger partial charge in [0.05, 0.1) is 4.90 Å². The van der Waals surface area contributed by atoms with Gasteiger partial charge in [0.15, 0.2) is 0 Å². The van der Waals surface area contributed by atoms with E-state index in [2.05, 4.69) is 0 Å². The number of benzene rings is 2. The molecule has 0 saturated carbocycles. The maximum atomic E-state index is 12.5. The van der Waals surface area contributed by atoms with Crippen molar-refractivity contribution >= 4 is 28.0 Å². The van der Waals surface area contributed by atoms with Gasteiger partial charge in [0.25, 0.3) is 0 Å². The second-order valence-electron chi connectivity index (χ2n) is 5.63. The van der Waals surface area contributed by atoms with Crippen molar-refractivity contribution in [1.82, 2.24) is 5.32 Å². The van der Waals surface area contributed by atoms with Gasteiger partial charge < -0.3 is 9.84 Å². The Morgan fingerprint density at radius 2 is 1.74 bits per heavy atom. The molecule has 0 saturated heterocycles. The highest BCUT2D eigenvalue weighted by molar-refractivity contribution is 7.92. The first-order valence-corrected chi connectivity index (χ1v) is 9.53. The van der Waals surface area contributed by atoms with E-state index >= 15 is 0 Å². The van der Waals surface area contributed by atoms with Gasteiger partial charge in [-0.25, -0.2) is 18.0 Å². The summed E-state index contributed by atoms with van der Waals surface area (Å²) in [6.07, 6.45) is 2.13. The summed E-state index contributed by atoms with van der Waals surface area (Å²) < 4.78 is 29.8. The molecular formula is C19H19NO6S. The Hall–Kier alpha value is -3.13. The molecular weight excluding hydrogens is 370 g/mol. The number of carbonyl (C=O) groups excluding carboxylic acids is 1. The number of aryl methyl sites for hydroxylation is 1. The lowest BCUT2D eigenvalue weighted by Crippen LogP contribution is -2.46. The number of sulfone groups is 1. The van der Waals surface area contributed by atoms with Crippen LogP contribution in [0, 0.1) is 6.92 Å². The highest BCUT2D eigenvalue weighted by Crippen LogP contribution is 2.16. The number of hydrogen-bond acceptors (Lipinski definition) is 5. The minimum absolute atomic E-state index is 0.141. The summed E-state index contributed by atoms with van der Waals surface area (Å²) in [5, 5.41) is 8.97. The van der Waals surface area contributed by atoms with E-state index in [1.807, 2.05) is 35.6 Å².